The molecule has 1 amide bonds. The van der Waals surface area contributed by atoms with Crippen molar-refractivity contribution < 1.29 is 14.3 Å². The molecule has 6 nitrogen and oxygen atoms in total. The molecule has 1 aromatic rings. The van der Waals surface area contributed by atoms with E-state index in [4.69, 9.17) is 4.74 Å². The molecule has 1 N–H and O–H groups in total. The zero-order chi connectivity index (χ0) is 18.1. The van der Waals surface area contributed by atoms with Crippen molar-refractivity contribution in [3.05, 3.63) is 30.1 Å². The summed E-state index contributed by atoms with van der Waals surface area (Å²) < 4.78 is 4.74. The topological polar surface area (TPSA) is 71.5 Å². The third-order valence-electron chi connectivity index (χ3n) is 4.99. The van der Waals surface area contributed by atoms with Crippen molar-refractivity contribution in [2.75, 3.05) is 20.7 Å². The molecule has 1 aliphatic heterocycles. The minimum Gasteiger partial charge on any atom is -0.469 e. The Kier molecular flexibility index (Phi) is 7.85. The van der Waals surface area contributed by atoms with Crippen molar-refractivity contribution in [1.29, 1.82) is 0 Å². The number of nitrogens with zero attached hydrogens (tertiary/aromatic N) is 2. The lowest BCUT2D eigenvalue weighted by Crippen LogP contribution is -2.41. The maximum atomic E-state index is 12.0. The van der Waals surface area contributed by atoms with E-state index in [1.165, 1.54) is 12.7 Å². The number of carbonyl (C=O) groups excluding carboxylic acids is 2. The van der Waals surface area contributed by atoms with Crippen LogP contribution < -0.4 is 5.32 Å². The first-order valence-electron chi connectivity index (χ1n) is 9.04. The molecule has 1 aliphatic rings. The van der Waals surface area contributed by atoms with Crippen LogP contribution in [-0.4, -0.2) is 54.5 Å². The first-order valence-corrected chi connectivity index (χ1v) is 9.04. The van der Waals surface area contributed by atoms with Crippen LogP contribution in [0.5, 0.6) is 0 Å². The summed E-state index contributed by atoms with van der Waals surface area (Å²) in [5, 5.41) is 3.03. The van der Waals surface area contributed by atoms with Crippen molar-refractivity contribution in [2.24, 2.45) is 0 Å². The molecule has 1 saturated heterocycles. The van der Waals surface area contributed by atoms with Crippen LogP contribution in [0, 0.1) is 0 Å². The average Bonchev–Trinajstić information content (AvgIpc) is 2.97. The number of carbonyl (C=O) groups is 2. The normalized spacial score (nSPS) is 20.4. The van der Waals surface area contributed by atoms with Crippen LogP contribution in [0.1, 0.15) is 44.1 Å². The number of rotatable bonds is 9. The Labute approximate surface area is 150 Å². The van der Waals surface area contributed by atoms with Crippen LogP contribution in [0.4, 0.5) is 0 Å². The van der Waals surface area contributed by atoms with Gasteiger partial charge in [0.25, 0.3) is 0 Å². The summed E-state index contributed by atoms with van der Waals surface area (Å²) in [4.78, 5) is 29.7. The molecule has 0 spiro atoms. The summed E-state index contributed by atoms with van der Waals surface area (Å²) in [5.41, 5.74) is 1.21. The van der Waals surface area contributed by atoms with E-state index in [9.17, 15) is 9.59 Å². The highest BCUT2D eigenvalue weighted by molar-refractivity contribution is 5.75. The van der Waals surface area contributed by atoms with Crippen molar-refractivity contribution in [1.82, 2.24) is 15.2 Å². The van der Waals surface area contributed by atoms with Crippen LogP contribution in [0.25, 0.3) is 0 Å². The third kappa shape index (κ3) is 6.46. The monoisotopic (exact) mass is 347 g/mol. The van der Waals surface area contributed by atoms with E-state index in [-0.39, 0.29) is 17.9 Å². The van der Waals surface area contributed by atoms with Crippen molar-refractivity contribution in [2.45, 2.75) is 57.0 Å². The fraction of sp³-hybridized carbons (Fsp3) is 0.632. The molecule has 25 heavy (non-hydrogen) atoms. The van der Waals surface area contributed by atoms with E-state index >= 15 is 0 Å². The minimum absolute atomic E-state index is 0.107. The number of unbranched alkanes of at least 4 members (excludes halogenated alkanes) is 1. The van der Waals surface area contributed by atoms with Gasteiger partial charge in [0.05, 0.1) is 13.5 Å². The molecule has 0 aromatic carbocycles. The number of amides is 1. The number of esters is 1. The Balaban J connectivity index is 1.59. The molecule has 0 radical (unpaired) electrons. The molecule has 2 atom stereocenters. The van der Waals surface area contributed by atoms with E-state index < -0.39 is 0 Å². The van der Waals surface area contributed by atoms with Gasteiger partial charge in [-0.2, -0.15) is 0 Å². The standard InChI is InChI=1S/C19H29N3O3/c1-22-16(12-19(24)25-2)9-10-17(22)14-21-18(23)8-4-3-6-15-7-5-11-20-13-15/h5,7,11,13,16-17H,3-4,6,8-10,12,14H2,1-2H3,(H,21,23)/t16-,17+/m1/s1. The predicted molar refractivity (Wildman–Crippen MR) is 96.0 cm³/mol. The van der Waals surface area contributed by atoms with Gasteiger partial charge in [-0.15, -0.1) is 0 Å². The molecule has 1 aromatic heterocycles. The quantitative estimate of drug-likeness (QED) is 0.546. The molecule has 0 unspecified atom stereocenters. The molecular weight excluding hydrogens is 318 g/mol. The zero-order valence-electron chi connectivity index (χ0n) is 15.2. The van der Waals surface area contributed by atoms with Crippen molar-refractivity contribution in [3.63, 3.8) is 0 Å². The smallest absolute Gasteiger partial charge is 0.307 e. The molecule has 138 valence electrons. The van der Waals surface area contributed by atoms with E-state index in [1.54, 1.807) is 6.20 Å². The molecule has 0 saturated carbocycles. The maximum absolute atomic E-state index is 12.0. The van der Waals surface area contributed by atoms with Crippen LogP contribution >= 0.6 is 0 Å². The van der Waals surface area contributed by atoms with Crippen LogP contribution in [0.15, 0.2) is 24.5 Å². The number of methoxy groups -OCH3 is 1. The molecule has 1 fully saturated rings. The van der Waals surface area contributed by atoms with Gasteiger partial charge in [0.1, 0.15) is 0 Å². The number of ether oxygens (including phenoxy) is 1. The van der Waals surface area contributed by atoms with Gasteiger partial charge in [0.2, 0.25) is 5.91 Å². The van der Waals surface area contributed by atoms with E-state index in [0.717, 1.165) is 32.1 Å². The highest BCUT2D eigenvalue weighted by Gasteiger charge is 2.31. The minimum atomic E-state index is -0.171. The first-order chi connectivity index (χ1) is 12.1. The Hall–Kier alpha value is -1.95. The summed E-state index contributed by atoms with van der Waals surface area (Å²) in [6, 6.07) is 4.52. The van der Waals surface area contributed by atoms with Gasteiger partial charge in [-0.05, 0) is 50.8 Å². The Bertz CT molecular complexity index is 550. The number of hydrogen-bond acceptors (Lipinski definition) is 5. The maximum Gasteiger partial charge on any atom is 0.307 e. The number of hydrogen-bond donors (Lipinski definition) is 1. The SMILES string of the molecule is COC(=O)C[C@H]1CC[C@@H](CNC(=O)CCCCc2cccnc2)N1C. The Morgan fingerprint density at radius 1 is 1.32 bits per heavy atom. The first kappa shape index (κ1) is 19.4. The summed E-state index contributed by atoms with van der Waals surface area (Å²) in [7, 11) is 3.44. The number of nitrogens with one attached hydrogen (secondary N) is 1. The number of aryl methyl sites for hydroxylation is 1. The zero-order valence-corrected chi connectivity index (χ0v) is 15.2. The van der Waals surface area contributed by atoms with Gasteiger partial charge in [0.15, 0.2) is 0 Å². The van der Waals surface area contributed by atoms with Crippen molar-refractivity contribution in [3.8, 4) is 0 Å². The van der Waals surface area contributed by atoms with Crippen molar-refractivity contribution >= 4 is 11.9 Å². The van der Waals surface area contributed by atoms with Gasteiger partial charge >= 0.3 is 5.97 Å². The number of likely N-dealkylation sites (N-methyl/N-ethyl adjacent to an activating group) is 1. The molecule has 2 heterocycles. The largest absolute Gasteiger partial charge is 0.469 e. The fourth-order valence-electron chi connectivity index (χ4n) is 3.34. The number of aromatic nitrogens is 1. The summed E-state index contributed by atoms with van der Waals surface area (Å²) in [6.07, 6.45) is 9.43. The second-order valence-corrected chi connectivity index (χ2v) is 6.70. The second-order valence-electron chi connectivity index (χ2n) is 6.70. The summed E-state index contributed by atoms with van der Waals surface area (Å²) in [6.45, 7) is 0.648. The highest BCUT2D eigenvalue weighted by Crippen LogP contribution is 2.24. The second kappa shape index (κ2) is 10.1. The number of likely N-dealkylation sites (tertiary alicyclic amines) is 1. The lowest BCUT2D eigenvalue weighted by atomic mass is 10.1. The van der Waals surface area contributed by atoms with E-state index in [0.29, 0.717) is 25.4 Å². The summed E-state index contributed by atoms with van der Waals surface area (Å²) in [5.74, 6) is -0.0637. The van der Waals surface area contributed by atoms with Crippen LogP contribution in [0.3, 0.4) is 0 Å². The average molecular weight is 347 g/mol. The lowest BCUT2D eigenvalue weighted by Gasteiger charge is -2.25. The highest BCUT2D eigenvalue weighted by atomic mass is 16.5. The molecule has 0 aliphatic carbocycles. The molecule has 2 rings (SSSR count). The lowest BCUT2D eigenvalue weighted by molar-refractivity contribution is -0.141. The Morgan fingerprint density at radius 3 is 2.84 bits per heavy atom. The van der Waals surface area contributed by atoms with E-state index in [2.05, 4.69) is 21.3 Å². The summed E-state index contributed by atoms with van der Waals surface area (Å²) >= 11 is 0. The van der Waals surface area contributed by atoms with Gasteiger partial charge in [-0.1, -0.05) is 6.07 Å². The third-order valence-corrected chi connectivity index (χ3v) is 4.99. The number of pyridine rings is 1. The predicted octanol–water partition coefficient (Wildman–Crippen LogP) is 1.94. The van der Waals surface area contributed by atoms with Crippen LogP contribution in [0.2, 0.25) is 0 Å². The van der Waals surface area contributed by atoms with Gasteiger partial charge in [-0.25, -0.2) is 0 Å². The van der Waals surface area contributed by atoms with Crippen LogP contribution in [-0.2, 0) is 20.7 Å². The van der Waals surface area contributed by atoms with Gasteiger partial charge in [0, 0.05) is 37.4 Å². The fourth-order valence-corrected chi connectivity index (χ4v) is 3.34. The molecule has 6 heteroatoms. The van der Waals surface area contributed by atoms with Gasteiger partial charge < -0.3 is 10.1 Å². The Morgan fingerprint density at radius 2 is 2.12 bits per heavy atom. The molecular formula is C19H29N3O3. The molecule has 0 bridgehead atoms. The van der Waals surface area contributed by atoms with Gasteiger partial charge in [-0.3, -0.25) is 19.5 Å². The van der Waals surface area contributed by atoms with E-state index in [1.807, 2.05) is 19.3 Å².